The monoisotopic (exact) mass is 886 g/mol. The summed E-state index contributed by atoms with van der Waals surface area (Å²) in [4.78, 5) is 77.4. The SMILES string of the molecule is COc1c(NC(=O)c2ccc(NC(=O)c3ccc(NC(=O)C(Cc4cnn[nH]4)NC(=O)c4ccc(NC(=O)/C(C)=C/c5ccc(O)cc5)nn4)cc3)c(OC)c2O)ccc(C(=O)O)c1O. The van der Waals surface area contributed by atoms with Crippen molar-refractivity contribution >= 4 is 64.5 Å². The molecule has 0 saturated heterocycles. The number of phenolic OH excluding ortho intramolecular Hbond substituents is 2. The van der Waals surface area contributed by atoms with Crippen molar-refractivity contribution in [2.24, 2.45) is 0 Å². The van der Waals surface area contributed by atoms with Crippen LogP contribution in [0.15, 0.2) is 96.7 Å². The summed E-state index contributed by atoms with van der Waals surface area (Å²) in [5, 5.41) is 70.7. The molecule has 4 aromatic carbocycles. The summed E-state index contributed by atoms with van der Waals surface area (Å²) in [7, 11) is 2.36. The number of amides is 5. The van der Waals surface area contributed by atoms with Crippen LogP contribution in [0.4, 0.5) is 22.9 Å². The van der Waals surface area contributed by atoms with E-state index in [-0.39, 0.29) is 63.4 Å². The van der Waals surface area contributed by atoms with E-state index in [1.165, 1.54) is 80.0 Å². The Hall–Kier alpha value is -9.34. The molecule has 6 rings (SSSR count). The fourth-order valence-corrected chi connectivity index (χ4v) is 6.03. The third kappa shape index (κ3) is 10.9. The van der Waals surface area contributed by atoms with Gasteiger partial charge in [-0.25, -0.2) is 4.79 Å². The summed E-state index contributed by atoms with van der Waals surface area (Å²) in [6, 6.07) is 18.1. The number of nitrogens with zero attached hydrogens (tertiary/aromatic N) is 4. The topological polar surface area (TPSA) is 329 Å². The molecule has 2 aromatic heterocycles. The lowest BCUT2D eigenvalue weighted by Crippen LogP contribution is -2.45. The van der Waals surface area contributed by atoms with Gasteiger partial charge < -0.3 is 56.5 Å². The van der Waals surface area contributed by atoms with E-state index in [1.54, 1.807) is 25.1 Å². The predicted molar refractivity (Wildman–Crippen MR) is 231 cm³/mol. The number of phenols is 3. The standard InChI is InChI=1S/C43H38N10O12/c1-21(18-22-4-10-26(54)11-5-22)38(57)49-33-17-16-31(51-52-33)41(60)48-32(19-25-20-44-53-50-25)42(61)45-24-8-6-23(7-9-24)39(58)46-29-14-12-27(34(55)36(29)64-2)40(59)47-30-15-13-28(43(62)63)35(56)37(30)65-3/h4-18,20,32,54-56H,19H2,1-3H3,(H,45,61)(H,46,58)(H,47,59)(H,48,60)(H,62,63)(H,44,50,53)(H,49,52,57)/b21-18+. The maximum atomic E-state index is 13.6. The Balaban J connectivity index is 1.08. The molecule has 332 valence electrons. The highest BCUT2D eigenvalue weighted by Crippen LogP contribution is 2.40. The molecule has 2 heterocycles. The van der Waals surface area contributed by atoms with Crippen molar-refractivity contribution in [2.75, 3.05) is 35.5 Å². The average molecular weight is 887 g/mol. The number of benzene rings is 4. The van der Waals surface area contributed by atoms with Crippen LogP contribution in [-0.4, -0.2) is 102 Å². The third-order valence-electron chi connectivity index (χ3n) is 9.34. The second kappa shape index (κ2) is 20.0. The number of anilines is 4. The lowest BCUT2D eigenvalue weighted by molar-refractivity contribution is -0.118. The van der Waals surface area contributed by atoms with E-state index in [9.17, 15) is 49.2 Å². The van der Waals surface area contributed by atoms with Crippen molar-refractivity contribution in [1.29, 1.82) is 0 Å². The first-order valence-corrected chi connectivity index (χ1v) is 19.0. The molecule has 0 fully saturated rings. The van der Waals surface area contributed by atoms with Gasteiger partial charge in [0, 0.05) is 23.2 Å². The van der Waals surface area contributed by atoms with Crippen molar-refractivity contribution in [2.45, 2.75) is 19.4 Å². The number of aromatic hydroxyl groups is 3. The number of H-pyrrole nitrogens is 1. The van der Waals surface area contributed by atoms with Gasteiger partial charge in [0.1, 0.15) is 17.4 Å². The van der Waals surface area contributed by atoms with Gasteiger partial charge >= 0.3 is 5.97 Å². The zero-order valence-corrected chi connectivity index (χ0v) is 34.4. The van der Waals surface area contributed by atoms with Crippen molar-refractivity contribution in [1.82, 2.24) is 30.9 Å². The van der Waals surface area contributed by atoms with Crippen LogP contribution < -0.4 is 36.1 Å². The molecule has 1 unspecified atom stereocenters. The second-order valence-electron chi connectivity index (χ2n) is 13.8. The normalized spacial score (nSPS) is 11.4. The fraction of sp³-hybridized carbons (Fsp3) is 0.116. The van der Waals surface area contributed by atoms with Gasteiger partial charge in [0.2, 0.25) is 5.91 Å². The maximum absolute atomic E-state index is 13.6. The summed E-state index contributed by atoms with van der Waals surface area (Å²) >= 11 is 0. The summed E-state index contributed by atoms with van der Waals surface area (Å²) in [5.74, 6) is -6.71. The van der Waals surface area contributed by atoms with Gasteiger partial charge in [-0.1, -0.05) is 17.3 Å². The highest BCUT2D eigenvalue weighted by Gasteiger charge is 2.26. The fourth-order valence-electron chi connectivity index (χ4n) is 6.03. The molecule has 22 heteroatoms. The Kier molecular flexibility index (Phi) is 13.9. The van der Waals surface area contributed by atoms with E-state index in [4.69, 9.17) is 9.47 Å². The Labute approximate surface area is 367 Å². The van der Waals surface area contributed by atoms with E-state index in [2.05, 4.69) is 52.2 Å². The number of aromatic carboxylic acids is 1. The molecule has 5 amide bonds. The number of carboxylic acid groups (broad SMARTS) is 1. The number of hydrogen-bond donors (Lipinski definition) is 10. The quantitative estimate of drug-likeness (QED) is 0.0615. The van der Waals surface area contributed by atoms with Crippen LogP contribution in [0.1, 0.15) is 59.7 Å². The number of carboxylic acids is 1. The van der Waals surface area contributed by atoms with Gasteiger partial charge in [-0.3, -0.25) is 29.1 Å². The number of aromatic nitrogens is 5. The molecule has 10 N–H and O–H groups in total. The van der Waals surface area contributed by atoms with Gasteiger partial charge in [-0.15, -0.1) is 15.3 Å². The van der Waals surface area contributed by atoms with Crippen LogP contribution in [0.25, 0.3) is 6.08 Å². The first kappa shape index (κ1) is 45.2. The zero-order valence-electron chi connectivity index (χ0n) is 34.4. The predicted octanol–water partition coefficient (Wildman–Crippen LogP) is 3.95. The lowest BCUT2D eigenvalue weighted by atomic mass is 10.1. The minimum absolute atomic E-state index is 0.0184. The Morgan fingerprint density at radius 1 is 0.708 bits per heavy atom. The van der Waals surface area contributed by atoms with Crippen molar-refractivity contribution in [3.63, 3.8) is 0 Å². The van der Waals surface area contributed by atoms with E-state index >= 15 is 0 Å². The highest BCUT2D eigenvalue weighted by atomic mass is 16.5. The van der Waals surface area contributed by atoms with Gasteiger partial charge in [0.25, 0.3) is 23.6 Å². The zero-order chi connectivity index (χ0) is 46.8. The van der Waals surface area contributed by atoms with Crippen LogP contribution in [0.5, 0.6) is 28.7 Å². The van der Waals surface area contributed by atoms with Crippen LogP contribution in [-0.2, 0) is 16.0 Å². The van der Waals surface area contributed by atoms with E-state index < -0.39 is 58.6 Å². The number of nitrogens with one attached hydrogen (secondary N) is 6. The van der Waals surface area contributed by atoms with Crippen molar-refractivity contribution in [3.05, 3.63) is 130 Å². The molecule has 0 spiro atoms. The molecule has 1 atom stereocenters. The maximum Gasteiger partial charge on any atom is 0.339 e. The van der Waals surface area contributed by atoms with E-state index in [1.807, 2.05) is 0 Å². The Bertz CT molecular complexity index is 2800. The second-order valence-corrected chi connectivity index (χ2v) is 13.8. The lowest BCUT2D eigenvalue weighted by Gasteiger charge is -2.18. The molecule has 22 nitrogen and oxygen atoms in total. The van der Waals surface area contributed by atoms with Gasteiger partial charge in [0.15, 0.2) is 34.5 Å². The first-order chi connectivity index (χ1) is 31.1. The molecule has 6 aromatic rings. The van der Waals surface area contributed by atoms with Gasteiger partial charge in [-0.2, -0.15) is 0 Å². The smallest absolute Gasteiger partial charge is 0.339 e. The van der Waals surface area contributed by atoms with Crippen LogP contribution in [0.3, 0.4) is 0 Å². The largest absolute Gasteiger partial charge is 0.508 e. The Morgan fingerprint density at radius 3 is 1.92 bits per heavy atom. The van der Waals surface area contributed by atoms with Crippen LogP contribution in [0.2, 0.25) is 0 Å². The van der Waals surface area contributed by atoms with E-state index in [0.717, 1.165) is 13.2 Å². The number of ether oxygens (including phenoxy) is 2. The highest BCUT2D eigenvalue weighted by molar-refractivity contribution is 6.10. The van der Waals surface area contributed by atoms with Gasteiger partial charge in [0.05, 0.1) is 43.0 Å². The number of carbonyl (C=O) groups excluding carboxylic acids is 5. The molecule has 0 aliphatic carbocycles. The third-order valence-corrected chi connectivity index (χ3v) is 9.34. The molecule has 0 bridgehead atoms. The molecule has 0 aliphatic heterocycles. The summed E-state index contributed by atoms with van der Waals surface area (Å²) in [6.45, 7) is 1.59. The van der Waals surface area contributed by atoms with Crippen molar-refractivity contribution in [3.8, 4) is 28.7 Å². The van der Waals surface area contributed by atoms with Crippen LogP contribution >= 0.6 is 0 Å². The molecular formula is C43H38N10O12. The summed E-state index contributed by atoms with van der Waals surface area (Å²) in [6.07, 6.45) is 2.92. The average Bonchev–Trinajstić information content (AvgIpc) is 3.80. The van der Waals surface area contributed by atoms with Crippen LogP contribution in [0, 0.1) is 0 Å². The number of methoxy groups -OCH3 is 2. The van der Waals surface area contributed by atoms with Crippen molar-refractivity contribution < 1.29 is 58.7 Å². The molecule has 0 aliphatic rings. The molecule has 65 heavy (non-hydrogen) atoms. The number of rotatable bonds is 16. The minimum Gasteiger partial charge on any atom is -0.508 e. The van der Waals surface area contributed by atoms with E-state index in [0.29, 0.717) is 16.8 Å². The molecular weight excluding hydrogens is 849 g/mol. The number of carbonyl (C=O) groups is 6. The molecule has 0 saturated carbocycles. The Morgan fingerprint density at radius 2 is 1.34 bits per heavy atom. The number of aromatic amines is 1. The minimum atomic E-state index is -1.43. The first-order valence-electron chi connectivity index (χ1n) is 19.0. The number of hydrogen-bond acceptors (Lipinski definition) is 15. The summed E-state index contributed by atoms with van der Waals surface area (Å²) < 4.78 is 10.4. The van der Waals surface area contributed by atoms with Gasteiger partial charge in [-0.05, 0) is 91.4 Å². The molecule has 0 radical (unpaired) electrons. The summed E-state index contributed by atoms with van der Waals surface area (Å²) in [5.41, 5.74) is 0.751.